The molecule has 23 heavy (non-hydrogen) atoms. The Labute approximate surface area is 136 Å². The molecule has 2 N–H and O–H groups in total. The number of anilines is 4. The molecule has 122 valence electrons. The van der Waals surface area contributed by atoms with E-state index in [9.17, 15) is 0 Å². The summed E-state index contributed by atoms with van der Waals surface area (Å²) in [4.78, 5) is 11.0. The molecule has 2 heterocycles. The zero-order valence-electron chi connectivity index (χ0n) is 13.8. The van der Waals surface area contributed by atoms with E-state index in [0.29, 0.717) is 11.9 Å². The van der Waals surface area contributed by atoms with Crippen LogP contribution in [0.1, 0.15) is 13.3 Å². The van der Waals surface area contributed by atoms with Crippen LogP contribution in [0.2, 0.25) is 0 Å². The van der Waals surface area contributed by atoms with Crippen molar-refractivity contribution in [2.24, 2.45) is 5.92 Å². The largest absolute Gasteiger partial charge is 0.495 e. The lowest BCUT2D eigenvalue weighted by molar-refractivity contribution is 0.415. The highest BCUT2D eigenvalue weighted by Crippen LogP contribution is 2.35. The van der Waals surface area contributed by atoms with Gasteiger partial charge in [0.15, 0.2) is 0 Å². The van der Waals surface area contributed by atoms with E-state index in [1.165, 1.54) is 6.42 Å². The molecule has 0 amide bonds. The van der Waals surface area contributed by atoms with Crippen molar-refractivity contribution in [3.63, 3.8) is 0 Å². The van der Waals surface area contributed by atoms with E-state index in [4.69, 9.17) is 4.74 Å². The van der Waals surface area contributed by atoms with E-state index in [1.807, 2.05) is 25.2 Å². The second kappa shape index (κ2) is 6.73. The number of hydrogen-bond donors (Lipinski definition) is 2. The SMILES string of the molecule is CNc1ccnc(Nc2ccc(OC)c(N3CCC(C)C3)c2)n1. The molecule has 0 bridgehead atoms. The summed E-state index contributed by atoms with van der Waals surface area (Å²) in [5, 5.41) is 6.27. The third-order valence-electron chi connectivity index (χ3n) is 4.11. The molecule has 1 aliphatic heterocycles. The third kappa shape index (κ3) is 3.47. The predicted octanol–water partition coefficient (Wildman–Crippen LogP) is 3.12. The summed E-state index contributed by atoms with van der Waals surface area (Å²) in [5.41, 5.74) is 2.07. The van der Waals surface area contributed by atoms with Gasteiger partial charge in [-0.05, 0) is 36.6 Å². The smallest absolute Gasteiger partial charge is 0.229 e. The van der Waals surface area contributed by atoms with E-state index in [1.54, 1.807) is 13.3 Å². The molecular weight excluding hydrogens is 290 g/mol. The number of aromatic nitrogens is 2. The average molecular weight is 313 g/mol. The van der Waals surface area contributed by atoms with Crippen LogP contribution in [0.4, 0.5) is 23.1 Å². The van der Waals surface area contributed by atoms with Crippen molar-refractivity contribution in [3.05, 3.63) is 30.5 Å². The lowest BCUT2D eigenvalue weighted by Crippen LogP contribution is -2.19. The zero-order chi connectivity index (χ0) is 16.2. The molecule has 1 aromatic carbocycles. The summed E-state index contributed by atoms with van der Waals surface area (Å²) in [6.45, 7) is 4.41. The Morgan fingerprint density at radius 3 is 2.87 bits per heavy atom. The number of methoxy groups -OCH3 is 1. The van der Waals surface area contributed by atoms with Gasteiger partial charge >= 0.3 is 0 Å². The molecule has 6 nitrogen and oxygen atoms in total. The first-order valence-electron chi connectivity index (χ1n) is 7.90. The second-order valence-corrected chi connectivity index (χ2v) is 5.87. The summed E-state index contributed by atoms with van der Waals surface area (Å²) in [6, 6.07) is 7.91. The summed E-state index contributed by atoms with van der Waals surface area (Å²) in [7, 11) is 3.55. The summed E-state index contributed by atoms with van der Waals surface area (Å²) in [6.07, 6.45) is 2.95. The van der Waals surface area contributed by atoms with Crippen molar-refractivity contribution in [2.75, 3.05) is 42.8 Å². The monoisotopic (exact) mass is 313 g/mol. The fraction of sp³-hybridized carbons (Fsp3) is 0.412. The van der Waals surface area contributed by atoms with E-state index in [2.05, 4.69) is 38.5 Å². The molecule has 1 atom stereocenters. The molecule has 1 saturated heterocycles. The Morgan fingerprint density at radius 2 is 2.17 bits per heavy atom. The van der Waals surface area contributed by atoms with Crippen molar-refractivity contribution in [1.82, 2.24) is 9.97 Å². The Kier molecular flexibility index (Phi) is 4.50. The van der Waals surface area contributed by atoms with Gasteiger partial charge in [-0.15, -0.1) is 0 Å². The van der Waals surface area contributed by atoms with Crippen LogP contribution >= 0.6 is 0 Å². The molecule has 0 aliphatic carbocycles. The quantitative estimate of drug-likeness (QED) is 0.884. The molecule has 3 rings (SSSR count). The molecular formula is C17H23N5O. The molecule has 1 unspecified atom stereocenters. The maximum absolute atomic E-state index is 5.52. The van der Waals surface area contributed by atoms with Gasteiger partial charge < -0.3 is 20.3 Å². The second-order valence-electron chi connectivity index (χ2n) is 5.87. The predicted molar refractivity (Wildman–Crippen MR) is 93.8 cm³/mol. The molecule has 6 heteroatoms. The number of ether oxygens (including phenoxy) is 1. The lowest BCUT2D eigenvalue weighted by Gasteiger charge is -2.22. The van der Waals surface area contributed by atoms with Crippen LogP contribution in [-0.4, -0.2) is 37.2 Å². The summed E-state index contributed by atoms with van der Waals surface area (Å²) in [5.74, 6) is 2.97. The van der Waals surface area contributed by atoms with Gasteiger partial charge in [-0.2, -0.15) is 4.98 Å². The lowest BCUT2D eigenvalue weighted by atomic mass is 10.2. The number of nitrogens with one attached hydrogen (secondary N) is 2. The fourth-order valence-electron chi connectivity index (χ4n) is 2.86. The number of hydrogen-bond acceptors (Lipinski definition) is 6. The van der Waals surface area contributed by atoms with E-state index >= 15 is 0 Å². The minimum Gasteiger partial charge on any atom is -0.495 e. The minimum atomic E-state index is 0.572. The Morgan fingerprint density at radius 1 is 1.30 bits per heavy atom. The van der Waals surface area contributed by atoms with Crippen LogP contribution in [0, 0.1) is 5.92 Å². The van der Waals surface area contributed by atoms with Gasteiger partial charge in [-0.1, -0.05) is 6.92 Å². The highest BCUT2D eigenvalue weighted by atomic mass is 16.5. The van der Waals surface area contributed by atoms with Crippen molar-refractivity contribution in [1.29, 1.82) is 0 Å². The highest BCUT2D eigenvalue weighted by molar-refractivity contribution is 5.69. The Hall–Kier alpha value is -2.50. The number of benzene rings is 1. The first-order chi connectivity index (χ1) is 11.2. The van der Waals surface area contributed by atoms with Crippen LogP contribution in [0.25, 0.3) is 0 Å². The highest BCUT2D eigenvalue weighted by Gasteiger charge is 2.22. The van der Waals surface area contributed by atoms with Gasteiger partial charge in [0.05, 0.1) is 12.8 Å². The topological polar surface area (TPSA) is 62.3 Å². The van der Waals surface area contributed by atoms with Crippen LogP contribution in [0.3, 0.4) is 0 Å². The standard InChI is InChI=1S/C17H23N5O/c1-12-7-9-22(11-12)14-10-13(4-5-15(14)23-3)20-17-19-8-6-16(18-2)21-17/h4-6,8,10,12H,7,9,11H2,1-3H3,(H2,18,19,20,21). The Balaban J connectivity index is 1.85. The van der Waals surface area contributed by atoms with Gasteiger partial charge in [0.1, 0.15) is 11.6 Å². The fourth-order valence-corrected chi connectivity index (χ4v) is 2.86. The van der Waals surface area contributed by atoms with E-state index < -0.39 is 0 Å². The summed E-state index contributed by atoms with van der Waals surface area (Å²) >= 11 is 0. The van der Waals surface area contributed by atoms with Gasteiger partial charge in [0.2, 0.25) is 5.95 Å². The first-order valence-corrected chi connectivity index (χ1v) is 7.90. The summed E-state index contributed by atoms with van der Waals surface area (Å²) < 4.78 is 5.52. The van der Waals surface area contributed by atoms with Crippen molar-refractivity contribution in [2.45, 2.75) is 13.3 Å². The molecule has 1 fully saturated rings. The molecule has 0 spiro atoms. The van der Waals surface area contributed by atoms with Crippen LogP contribution < -0.4 is 20.3 Å². The average Bonchev–Trinajstić information content (AvgIpc) is 3.01. The van der Waals surface area contributed by atoms with Crippen molar-refractivity contribution in [3.8, 4) is 5.75 Å². The van der Waals surface area contributed by atoms with Crippen molar-refractivity contribution < 1.29 is 4.74 Å². The number of rotatable bonds is 5. The van der Waals surface area contributed by atoms with E-state index in [-0.39, 0.29) is 0 Å². The van der Waals surface area contributed by atoms with Gasteiger partial charge in [0.25, 0.3) is 0 Å². The minimum absolute atomic E-state index is 0.572. The molecule has 0 radical (unpaired) electrons. The van der Waals surface area contributed by atoms with Crippen LogP contribution in [0.5, 0.6) is 5.75 Å². The van der Waals surface area contributed by atoms with Crippen LogP contribution in [0.15, 0.2) is 30.5 Å². The molecule has 0 saturated carbocycles. The zero-order valence-corrected chi connectivity index (χ0v) is 13.8. The van der Waals surface area contributed by atoms with Gasteiger partial charge in [-0.3, -0.25) is 0 Å². The molecule has 1 aliphatic rings. The number of nitrogens with zero attached hydrogens (tertiary/aromatic N) is 3. The third-order valence-corrected chi connectivity index (χ3v) is 4.11. The van der Waals surface area contributed by atoms with Crippen molar-refractivity contribution >= 4 is 23.1 Å². The maximum atomic E-state index is 5.52. The van der Waals surface area contributed by atoms with E-state index in [0.717, 1.165) is 36.0 Å². The first kappa shape index (κ1) is 15.4. The van der Waals surface area contributed by atoms with Gasteiger partial charge in [0, 0.05) is 32.0 Å². The normalized spacial score (nSPS) is 17.2. The maximum Gasteiger partial charge on any atom is 0.229 e. The van der Waals surface area contributed by atoms with Crippen LogP contribution in [-0.2, 0) is 0 Å². The molecule has 2 aromatic rings. The molecule has 1 aromatic heterocycles. The Bertz CT molecular complexity index is 676. The van der Waals surface area contributed by atoms with Gasteiger partial charge in [-0.25, -0.2) is 4.98 Å².